The van der Waals surface area contributed by atoms with Crippen molar-refractivity contribution >= 4 is 12.4 Å². The molecule has 0 aliphatic heterocycles. The summed E-state index contributed by atoms with van der Waals surface area (Å²) in [6.07, 6.45) is 3.82. The van der Waals surface area contributed by atoms with E-state index in [-0.39, 0.29) is 18.3 Å². The average molecular weight is 332 g/mol. The first-order valence-electron chi connectivity index (χ1n) is 7.36. The van der Waals surface area contributed by atoms with Crippen LogP contribution in [0.25, 0.3) is 0 Å². The minimum absolute atomic E-state index is 0. The lowest BCUT2D eigenvalue weighted by molar-refractivity contribution is 0.0834. The number of aliphatic hydroxyl groups excluding tert-OH is 1. The Morgan fingerprint density at radius 2 is 1.64 bits per heavy atom. The molecule has 3 N–H and O–H groups in total. The zero-order valence-corrected chi connectivity index (χ0v) is 14.2. The lowest BCUT2D eigenvalue weighted by Crippen LogP contribution is -2.32. The highest BCUT2D eigenvalue weighted by molar-refractivity contribution is 5.85. The van der Waals surface area contributed by atoms with E-state index in [1.807, 2.05) is 6.07 Å². The molecular formula is C16H26ClNO4. The van der Waals surface area contributed by atoms with Gasteiger partial charge in [-0.3, -0.25) is 0 Å². The van der Waals surface area contributed by atoms with Gasteiger partial charge in [-0.05, 0) is 30.9 Å². The van der Waals surface area contributed by atoms with Crippen LogP contribution in [0.5, 0.6) is 17.2 Å². The molecule has 0 radical (unpaired) electrons. The molecule has 0 aromatic heterocycles. The van der Waals surface area contributed by atoms with Crippen LogP contribution in [0.3, 0.4) is 0 Å². The van der Waals surface area contributed by atoms with Gasteiger partial charge in [-0.2, -0.15) is 0 Å². The summed E-state index contributed by atoms with van der Waals surface area (Å²) in [6, 6.07) is 3.13. The Bertz CT molecular complexity index is 477. The van der Waals surface area contributed by atoms with E-state index in [1.165, 1.54) is 0 Å². The van der Waals surface area contributed by atoms with Crippen LogP contribution in [-0.2, 0) is 0 Å². The van der Waals surface area contributed by atoms with Crippen LogP contribution < -0.4 is 19.9 Å². The number of hydrogen-bond donors (Lipinski definition) is 2. The molecule has 5 nitrogen and oxygen atoms in total. The highest BCUT2D eigenvalue weighted by Crippen LogP contribution is 2.43. The number of aliphatic hydroxyl groups is 1. The number of nitrogens with two attached hydrogens (primary N) is 1. The Labute approximate surface area is 138 Å². The van der Waals surface area contributed by atoms with E-state index < -0.39 is 12.1 Å². The summed E-state index contributed by atoms with van der Waals surface area (Å²) < 4.78 is 16.1. The molecule has 2 rings (SSSR count). The van der Waals surface area contributed by atoms with Crippen molar-refractivity contribution in [2.24, 2.45) is 11.7 Å². The molecule has 1 fully saturated rings. The van der Waals surface area contributed by atoms with Gasteiger partial charge in [0.15, 0.2) is 11.5 Å². The standard InChI is InChI=1S/C16H25NO4.ClH/c1-19-12-9-8-11(15(20-2)16(12)21-3)13(17)14(18)10-6-4-5-7-10;/h8-10,13-14,18H,4-7,17H2,1-3H3;1H/t13-,14+;/m0./s1. The van der Waals surface area contributed by atoms with Gasteiger partial charge >= 0.3 is 0 Å². The molecule has 0 heterocycles. The fraction of sp³-hybridized carbons (Fsp3) is 0.625. The predicted molar refractivity (Wildman–Crippen MR) is 88.2 cm³/mol. The Morgan fingerprint density at radius 3 is 2.14 bits per heavy atom. The van der Waals surface area contributed by atoms with Gasteiger partial charge in [0.1, 0.15) is 0 Å². The van der Waals surface area contributed by atoms with Crippen LogP contribution in [0.2, 0.25) is 0 Å². The molecule has 0 unspecified atom stereocenters. The van der Waals surface area contributed by atoms with Gasteiger partial charge in [-0.25, -0.2) is 0 Å². The monoisotopic (exact) mass is 331 g/mol. The predicted octanol–water partition coefficient (Wildman–Crippen LogP) is 2.69. The third-order valence-electron chi connectivity index (χ3n) is 4.34. The Balaban J connectivity index is 0.00000242. The largest absolute Gasteiger partial charge is 0.493 e. The van der Waals surface area contributed by atoms with Crippen molar-refractivity contribution in [2.45, 2.75) is 37.8 Å². The van der Waals surface area contributed by atoms with Crippen LogP contribution in [0, 0.1) is 5.92 Å². The maximum absolute atomic E-state index is 10.5. The lowest BCUT2D eigenvalue weighted by atomic mass is 9.90. The van der Waals surface area contributed by atoms with Crippen molar-refractivity contribution < 1.29 is 19.3 Å². The van der Waals surface area contributed by atoms with Crippen LogP contribution in [-0.4, -0.2) is 32.5 Å². The third kappa shape index (κ3) is 3.59. The molecule has 0 bridgehead atoms. The second kappa shape index (κ2) is 8.46. The van der Waals surface area contributed by atoms with Crippen molar-refractivity contribution in [1.82, 2.24) is 0 Å². The molecule has 1 aromatic rings. The van der Waals surface area contributed by atoms with Crippen molar-refractivity contribution in [1.29, 1.82) is 0 Å². The molecule has 1 aliphatic carbocycles. The summed E-state index contributed by atoms with van der Waals surface area (Å²) in [6.45, 7) is 0. The van der Waals surface area contributed by atoms with Gasteiger partial charge in [0, 0.05) is 5.56 Å². The van der Waals surface area contributed by atoms with E-state index in [2.05, 4.69) is 0 Å². The molecule has 1 saturated carbocycles. The Kier molecular flexibility index (Phi) is 7.26. The van der Waals surface area contributed by atoms with E-state index in [1.54, 1.807) is 27.4 Å². The first-order valence-corrected chi connectivity index (χ1v) is 7.36. The van der Waals surface area contributed by atoms with Crippen molar-refractivity contribution in [3.05, 3.63) is 17.7 Å². The molecule has 1 aliphatic rings. The van der Waals surface area contributed by atoms with Crippen LogP contribution in [0.1, 0.15) is 37.3 Å². The summed E-state index contributed by atoms with van der Waals surface area (Å²) in [5.74, 6) is 1.88. The molecule has 6 heteroatoms. The lowest BCUT2D eigenvalue weighted by Gasteiger charge is -2.26. The SMILES string of the molecule is COc1ccc([C@H](N)[C@H](O)C2CCCC2)c(OC)c1OC.Cl. The topological polar surface area (TPSA) is 73.9 Å². The first kappa shape index (κ1) is 18.9. The van der Waals surface area contributed by atoms with Gasteiger partial charge < -0.3 is 25.1 Å². The maximum atomic E-state index is 10.5. The first-order chi connectivity index (χ1) is 10.1. The third-order valence-corrected chi connectivity index (χ3v) is 4.34. The van der Waals surface area contributed by atoms with Crippen LogP contribution in [0.15, 0.2) is 12.1 Å². The minimum atomic E-state index is -0.570. The molecule has 126 valence electrons. The number of ether oxygens (including phenoxy) is 3. The molecule has 0 spiro atoms. The molecule has 2 atom stereocenters. The van der Waals surface area contributed by atoms with Crippen LogP contribution >= 0.6 is 12.4 Å². The zero-order valence-electron chi connectivity index (χ0n) is 13.4. The van der Waals surface area contributed by atoms with E-state index in [0.717, 1.165) is 31.2 Å². The summed E-state index contributed by atoms with van der Waals surface area (Å²) in [5.41, 5.74) is 7.03. The van der Waals surface area contributed by atoms with Gasteiger partial charge in [-0.15, -0.1) is 12.4 Å². The normalized spacial score (nSPS) is 17.5. The average Bonchev–Trinajstić information content (AvgIpc) is 3.06. The second-order valence-electron chi connectivity index (χ2n) is 5.48. The van der Waals surface area contributed by atoms with Crippen LogP contribution in [0.4, 0.5) is 0 Å². The second-order valence-corrected chi connectivity index (χ2v) is 5.48. The number of benzene rings is 1. The van der Waals surface area contributed by atoms with Gasteiger partial charge in [0.25, 0.3) is 0 Å². The quantitative estimate of drug-likeness (QED) is 0.838. The molecule has 0 amide bonds. The van der Waals surface area contributed by atoms with Crippen molar-refractivity contribution in [2.75, 3.05) is 21.3 Å². The molecule has 1 aromatic carbocycles. The van der Waals surface area contributed by atoms with Crippen molar-refractivity contribution in [3.8, 4) is 17.2 Å². The van der Waals surface area contributed by atoms with E-state index in [9.17, 15) is 5.11 Å². The highest BCUT2D eigenvalue weighted by atomic mass is 35.5. The van der Waals surface area contributed by atoms with Gasteiger partial charge in [-0.1, -0.05) is 12.8 Å². The van der Waals surface area contributed by atoms with Gasteiger partial charge in [0.2, 0.25) is 5.75 Å². The van der Waals surface area contributed by atoms with Crippen molar-refractivity contribution in [3.63, 3.8) is 0 Å². The number of hydrogen-bond acceptors (Lipinski definition) is 5. The number of methoxy groups -OCH3 is 3. The van der Waals surface area contributed by atoms with Gasteiger partial charge in [0.05, 0.1) is 33.5 Å². The maximum Gasteiger partial charge on any atom is 0.203 e. The molecule has 0 saturated heterocycles. The fourth-order valence-corrected chi connectivity index (χ4v) is 3.16. The molecular weight excluding hydrogens is 306 g/mol. The smallest absolute Gasteiger partial charge is 0.203 e. The summed E-state index contributed by atoms with van der Waals surface area (Å²) in [7, 11) is 4.70. The number of rotatable bonds is 6. The summed E-state index contributed by atoms with van der Waals surface area (Å²) in [4.78, 5) is 0. The van der Waals surface area contributed by atoms with E-state index in [0.29, 0.717) is 17.2 Å². The Morgan fingerprint density at radius 1 is 1.05 bits per heavy atom. The minimum Gasteiger partial charge on any atom is -0.493 e. The fourth-order valence-electron chi connectivity index (χ4n) is 3.16. The zero-order chi connectivity index (χ0) is 15.4. The molecule has 22 heavy (non-hydrogen) atoms. The van der Waals surface area contributed by atoms with E-state index in [4.69, 9.17) is 19.9 Å². The highest BCUT2D eigenvalue weighted by Gasteiger charge is 2.31. The number of halogens is 1. The summed E-state index contributed by atoms with van der Waals surface area (Å²) in [5, 5.41) is 10.5. The summed E-state index contributed by atoms with van der Waals surface area (Å²) >= 11 is 0. The Hall–Kier alpha value is -1.17. The van der Waals surface area contributed by atoms with E-state index >= 15 is 0 Å².